The number of hydrogen-bond donors (Lipinski definition) is 2. The highest BCUT2D eigenvalue weighted by Crippen LogP contribution is 2.35. The number of aromatic nitrogens is 1. The molecule has 0 radical (unpaired) electrons. The Labute approximate surface area is 132 Å². The monoisotopic (exact) mass is 305 g/mol. The van der Waals surface area contributed by atoms with Gasteiger partial charge in [-0.2, -0.15) is 20.8 Å². The van der Waals surface area contributed by atoms with Gasteiger partial charge in [-0.3, -0.25) is 0 Å². The van der Waals surface area contributed by atoms with Crippen molar-refractivity contribution in [2.75, 3.05) is 18.9 Å². The van der Waals surface area contributed by atoms with E-state index in [4.69, 9.17) is 20.8 Å². The summed E-state index contributed by atoms with van der Waals surface area (Å²) in [5.74, 6) is -0.115. The topological polar surface area (TPSA) is 140 Å². The van der Waals surface area contributed by atoms with Gasteiger partial charge in [-0.25, -0.2) is 0 Å². The van der Waals surface area contributed by atoms with Crippen LogP contribution in [-0.4, -0.2) is 23.3 Å². The van der Waals surface area contributed by atoms with E-state index in [1.165, 1.54) is 0 Å². The van der Waals surface area contributed by atoms with Crippen LogP contribution in [0.4, 0.5) is 5.82 Å². The summed E-state index contributed by atoms with van der Waals surface area (Å²) in [6.07, 6.45) is 0. The molecule has 0 bridgehead atoms. The molecule has 0 aliphatic heterocycles. The molecular weight excluding hydrogens is 294 g/mol. The maximum Gasteiger partial charge on any atom is 0.234 e. The first-order valence-electron chi connectivity index (χ1n) is 6.54. The standard InChI is InChI=1S/C16H11N5O2/c17-7-10-1-3-11(4-2-10)14-12(8-18)15(20)21-16(13(14)9-19)23-6-5-22/h1-4,22H,5-6H2,(H2,20,21). The molecule has 0 aliphatic rings. The number of benzene rings is 1. The van der Waals surface area contributed by atoms with E-state index in [2.05, 4.69) is 4.98 Å². The second kappa shape index (κ2) is 6.91. The molecule has 0 amide bonds. The summed E-state index contributed by atoms with van der Waals surface area (Å²) < 4.78 is 5.24. The van der Waals surface area contributed by atoms with Crippen LogP contribution in [0.5, 0.6) is 5.88 Å². The molecule has 2 rings (SSSR count). The lowest BCUT2D eigenvalue weighted by Gasteiger charge is -2.13. The maximum atomic E-state index is 9.44. The summed E-state index contributed by atoms with van der Waals surface area (Å²) in [7, 11) is 0. The van der Waals surface area contributed by atoms with Gasteiger partial charge in [0.15, 0.2) is 0 Å². The third-order valence-electron chi connectivity index (χ3n) is 3.05. The van der Waals surface area contributed by atoms with Gasteiger partial charge >= 0.3 is 0 Å². The smallest absolute Gasteiger partial charge is 0.234 e. The fourth-order valence-electron chi connectivity index (χ4n) is 2.04. The number of aliphatic hydroxyl groups excluding tert-OH is 1. The van der Waals surface area contributed by atoms with Crippen molar-refractivity contribution >= 4 is 5.82 Å². The number of nitriles is 3. The zero-order valence-corrected chi connectivity index (χ0v) is 11.9. The second-order valence-corrected chi connectivity index (χ2v) is 4.41. The molecule has 112 valence electrons. The van der Waals surface area contributed by atoms with Gasteiger partial charge in [-0.1, -0.05) is 12.1 Å². The average Bonchev–Trinajstić information content (AvgIpc) is 2.59. The molecule has 0 spiro atoms. The van der Waals surface area contributed by atoms with Crippen molar-refractivity contribution in [1.29, 1.82) is 15.8 Å². The minimum Gasteiger partial charge on any atom is -0.474 e. The molecule has 0 saturated heterocycles. The SMILES string of the molecule is N#Cc1ccc(-c2c(C#N)c(N)nc(OCCO)c2C#N)cc1. The van der Waals surface area contributed by atoms with Crippen LogP contribution in [0.1, 0.15) is 16.7 Å². The summed E-state index contributed by atoms with van der Waals surface area (Å²) in [4.78, 5) is 3.92. The molecule has 0 saturated carbocycles. The third-order valence-corrected chi connectivity index (χ3v) is 3.05. The van der Waals surface area contributed by atoms with Crippen LogP contribution in [0.15, 0.2) is 24.3 Å². The Bertz CT molecular complexity index is 855. The van der Waals surface area contributed by atoms with Gasteiger partial charge in [-0.05, 0) is 17.7 Å². The van der Waals surface area contributed by atoms with E-state index < -0.39 is 0 Å². The van der Waals surface area contributed by atoms with Crippen molar-refractivity contribution in [3.63, 3.8) is 0 Å². The van der Waals surface area contributed by atoms with E-state index in [1.807, 2.05) is 18.2 Å². The Morgan fingerprint density at radius 1 is 1.04 bits per heavy atom. The van der Waals surface area contributed by atoms with Crippen LogP contribution in [0.2, 0.25) is 0 Å². The lowest BCUT2D eigenvalue weighted by Crippen LogP contribution is -2.09. The predicted molar refractivity (Wildman–Crippen MR) is 80.8 cm³/mol. The molecule has 0 atom stereocenters. The molecule has 0 aliphatic carbocycles. The Balaban J connectivity index is 2.73. The number of anilines is 1. The summed E-state index contributed by atoms with van der Waals surface area (Å²) in [6, 6.07) is 12.3. The highest BCUT2D eigenvalue weighted by Gasteiger charge is 2.21. The summed E-state index contributed by atoms with van der Waals surface area (Å²) in [5, 5.41) is 36.5. The average molecular weight is 305 g/mol. The van der Waals surface area contributed by atoms with Gasteiger partial charge in [0.1, 0.15) is 35.7 Å². The Morgan fingerprint density at radius 2 is 1.70 bits per heavy atom. The summed E-state index contributed by atoms with van der Waals surface area (Å²) in [6.45, 7) is -0.307. The molecular formula is C16H11N5O2. The van der Waals surface area contributed by atoms with Gasteiger partial charge in [0.25, 0.3) is 0 Å². The van der Waals surface area contributed by atoms with Gasteiger partial charge in [0.2, 0.25) is 5.88 Å². The number of hydrogen-bond acceptors (Lipinski definition) is 7. The van der Waals surface area contributed by atoms with Gasteiger partial charge in [0.05, 0.1) is 18.2 Å². The second-order valence-electron chi connectivity index (χ2n) is 4.41. The van der Waals surface area contributed by atoms with Crippen molar-refractivity contribution < 1.29 is 9.84 Å². The van der Waals surface area contributed by atoms with E-state index in [9.17, 15) is 10.5 Å². The predicted octanol–water partition coefficient (Wildman–Crippen LogP) is 1.32. The largest absolute Gasteiger partial charge is 0.474 e. The lowest BCUT2D eigenvalue weighted by atomic mass is 9.96. The van der Waals surface area contributed by atoms with Crippen LogP contribution >= 0.6 is 0 Å². The maximum absolute atomic E-state index is 9.44. The van der Waals surface area contributed by atoms with Crippen LogP contribution in [0.25, 0.3) is 11.1 Å². The molecule has 1 aromatic heterocycles. The van der Waals surface area contributed by atoms with Gasteiger partial charge in [-0.15, -0.1) is 0 Å². The molecule has 2 aromatic rings. The van der Waals surface area contributed by atoms with Crippen LogP contribution in [0.3, 0.4) is 0 Å². The van der Waals surface area contributed by atoms with E-state index in [-0.39, 0.29) is 36.0 Å². The number of nitrogen functional groups attached to an aromatic ring is 1. The third kappa shape index (κ3) is 3.03. The highest BCUT2D eigenvalue weighted by atomic mass is 16.5. The molecule has 7 heteroatoms. The van der Waals surface area contributed by atoms with E-state index in [1.54, 1.807) is 24.3 Å². The Hall–Kier alpha value is -3.60. The first kappa shape index (κ1) is 15.8. The van der Waals surface area contributed by atoms with Crippen molar-refractivity contribution in [2.24, 2.45) is 0 Å². The number of ether oxygens (including phenoxy) is 1. The van der Waals surface area contributed by atoms with Crippen molar-refractivity contribution in [3.8, 4) is 35.2 Å². The summed E-state index contributed by atoms with van der Waals surface area (Å²) >= 11 is 0. The van der Waals surface area contributed by atoms with Crippen LogP contribution in [0, 0.1) is 34.0 Å². The van der Waals surface area contributed by atoms with Crippen molar-refractivity contribution in [3.05, 3.63) is 41.0 Å². The minimum absolute atomic E-state index is 0.0441. The van der Waals surface area contributed by atoms with Crippen molar-refractivity contribution in [1.82, 2.24) is 4.98 Å². The molecule has 1 heterocycles. The van der Waals surface area contributed by atoms with Gasteiger partial charge in [0, 0.05) is 5.56 Å². The number of pyridine rings is 1. The fraction of sp³-hybridized carbons (Fsp3) is 0.125. The molecule has 23 heavy (non-hydrogen) atoms. The number of nitrogens with two attached hydrogens (primary N) is 1. The van der Waals surface area contributed by atoms with Gasteiger partial charge < -0.3 is 15.6 Å². The zero-order valence-electron chi connectivity index (χ0n) is 11.9. The number of rotatable bonds is 4. The molecule has 1 aromatic carbocycles. The molecule has 3 N–H and O–H groups in total. The fourth-order valence-corrected chi connectivity index (χ4v) is 2.04. The first-order chi connectivity index (χ1) is 11.2. The first-order valence-corrected chi connectivity index (χ1v) is 6.54. The Morgan fingerprint density at radius 3 is 2.22 bits per heavy atom. The lowest BCUT2D eigenvalue weighted by molar-refractivity contribution is 0.196. The highest BCUT2D eigenvalue weighted by molar-refractivity contribution is 5.82. The number of nitrogens with zero attached hydrogens (tertiary/aromatic N) is 4. The van der Waals surface area contributed by atoms with Crippen LogP contribution in [-0.2, 0) is 0 Å². The normalized spacial score (nSPS) is 9.48. The summed E-state index contributed by atoms with van der Waals surface area (Å²) in [5.41, 5.74) is 7.17. The van der Waals surface area contributed by atoms with E-state index >= 15 is 0 Å². The Kier molecular flexibility index (Phi) is 4.74. The molecule has 7 nitrogen and oxygen atoms in total. The number of aliphatic hydroxyl groups is 1. The molecule has 0 fully saturated rings. The quantitative estimate of drug-likeness (QED) is 0.867. The van der Waals surface area contributed by atoms with Crippen LogP contribution < -0.4 is 10.5 Å². The zero-order chi connectivity index (χ0) is 16.8. The van der Waals surface area contributed by atoms with E-state index in [0.29, 0.717) is 16.7 Å². The molecule has 0 unspecified atom stereocenters. The van der Waals surface area contributed by atoms with Crippen molar-refractivity contribution in [2.45, 2.75) is 0 Å². The minimum atomic E-state index is -0.251. The van der Waals surface area contributed by atoms with E-state index in [0.717, 1.165) is 0 Å².